The van der Waals surface area contributed by atoms with Gasteiger partial charge in [0.1, 0.15) is 11.6 Å². The number of pyridine rings is 1. The van der Waals surface area contributed by atoms with Gasteiger partial charge < -0.3 is 10.2 Å². The fourth-order valence-corrected chi connectivity index (χ4v) is 5.76. The van der Waals surface area contributed by atoms with Gasteiger partial charge in [0, 0.05) is 52.9 Å². The van der Waals surface area contributed by atoms with Gasteiger partial charge in [-0.05, 0) is 67.4 Å². The van der Waals surface area contributed by atoms with E-state index in [4.69, 9.17) is 11.6 Å². The van der Waals surface area contributed by atoms with Crippen LogP contribution in [0.2, 0.25) is 5.02 Å². The molecule has 0 bridgehead atoms. The van der Waals surface area contributed by atoms with E-state index in [2.05, 4.69) is 25.0 Å². The number of piperidine rings is 1. The number of carbonyl (C=O) groups excluding carboxylic acids is 1. The summed E-state index contributed by atoms with van der Waals surface area (Å²) in [5, 5.41) is 3.09. The first-order chi connectivity index (χ1) is 19.7. The zero-order chi connectivity index (χ0) is 29.0. The van der Waals surface area contributed by atoms with Crippen molar-refractivity contribution in [1.82, 2.24) is 20.1 Å². The summed E-state index contributed by atoms with van der Waals surface area (Å²) in [6, 6.07) is 13.5. The molecule has 5 rings (SSSR count). The van der Waals surface area contributed by atoms with Crippen molar-refractivity contribution in [1.29, 1.82) is 0 Å². The standard InChI is InChI=1S/C30H32ClF4N5O.H2/c31-27-17-23(29(41)37-18-21-1-5-24(6-2-21)30(33,34)35)19-36-28(27)40-15-13-39(14-16-40)26-9-11-38(12-10-26)20-22-3-7-25(32)8-4-22;/h1-8,17,19,26H,9-16,18,20H2,(H,37,41);1H. The largest absolute Gasteiger partial charge is 0.416 e. The molecule has 0 aliphatic carbocycles. The third-order valence-corrected chi connectivity index (χ3v) is 8.10. The highest BCUT2D eigenvalue weighted by molar-refractivity contribution is 6.33. The van der Waals surface area contributed by atoms with Crippen LogP contribution < -0.4 is 10.2 Å². The second-order valence-corrected chi connectivity index (χ2v) is 11.0. The van der Waals surface area contributed by atoms with Crippen molar-refractivity contribution in [3.8, 4) is 0 Å². The number of nitrogens with zero attached hydrogens (tertiary/aromatic N) is 4. The number of halogens is 5. The lowest BCUT2D eigenvalue weighted by atomic mass is 10.0. The molecule has 0 saturated carbocycles. The summed E-state index contributed by atoms with van der Waals surface area (Å²) in [6.07, 6.45) is -0.733. The molecular formula is C30H34ClF4N5O. The van der Waals surface area contributed by atoms with Crippen LogP contribution in [0.4, 0.5) is 23.4 Å². The number of piperazine rings is 1. The highest BCUT2D eigenvalue weighted by Gasteiger charge is 2.30. The zero-order valence-electron chi connectivity index (χ0n) is 22.5. The monoisotopic (exact) mass is 591 g/mol. The summed E-state index contributed by atoms with van der Waals surface area (Å²) >= 11 is 6.53. The van der Waals surface area contributed by atoms with Crippen molar-refractivity contribution in [3.63, 3.8) is 0 Å². The van der Waals surface area contributed by atoms with Crippen LogP contribution in [0.5, 0.6) is 0 Å². The number of amides is 1. The van der Waals surface area contributed by atoms with Gasteiger partial charge in [-0.15, -0.1) is 0 Å². The lowest BCUT2D eigenvalue weighted by Crippen LogP contribution is -2.53. The predicted molar refractivity (Wildman–Crippen MR) is 152 cm³/mol. The maximum atomic E-state index is 13.2. The molecule has 0 atom stereocenters. The van der Waals surface area contributed by atoms with Crippen LogP contribution in [0.3, 0.4) is 0 Å². The third-order valence-electron chi connectivity index (χ3n) is 7.83. The number of nitrogens with one attached hydrogen (secondary N) is 1. The van der Waals surface area contributed by atoms with Gasteiger partial charge >= 0.3 is 6.18 Å². The predicted octanol–water partition coefficient (Wildman–Crippen LogP) is 5.86. The van der Waals surface area contributed by atoms with Gasteiger partial charge in [-0.2, -0.15) is 13.2 Å². The van der Waals surface area contributed by atoms with E-state index in [1.807, 2.05) is 12.1 Å². The summed E-state index contributed by atoms with van der Waals surface area (Å²) in [4.78, 5) is 24.2. The maximum absolute atomic E-state index is 13.2. The number of carbonyl (C=O) groups is 1. The van der Waals surface area contributed by atoms with E-state index in [0.717, 1.165) is 76.4 Å². The number of anilines is 1. The molecule has 1 N–H and O–H groups in total. The van der Waals surface area contributed by atoms with Gasteiger partial charge in [-0.3, -0.25) is 14.6 Å². The summed E-state index contributed by atoms with van der Waals surface area (Å²) in [5.41, 5.74) is 1.24. The van der Waals surface area contributed by atoms with Crippen molar-refractivity contribution in [2.45, 2.75) is 38.1 Å². The minimum absolute atomic E-state index is 0. The number of likely N-dealkylation sites (tertiary alicyclic amines) is 1. The molecule has 2 fully saturated rings. The van der Waals surface area contributed by atoms with Crippen LogP contribution in [-0.2, 0) is 19.3 Å². The minimum atomic E-state index is -4.40. The summed E-state index contributed by atoms with van der Waals surface area (Å²) in [6.45, 7) is 6.31. The molecule has 2 aromatic carbocycles. The Morgan fingerprint density at radius 1 is 0.951 bits per heavy atom. The Morgan fingerprint density at radius 3 is 2.20 bits per heavy atom. The second-order valence-electron chi connectivity index (χ2n) is 10.6. The molecule has 1 aromatic heterocycles. The number of alkyl halides is 3. The first-order valence-electron chi connectivity index (χ1n) is 13.7. The van der Waals surface area contributed by atoms with E-state index in [1.54, 1.807) is 6.07 Å². The molecular weight excluding hydrogens is 558 g/mol. The molecule has 3 heterocycles. The Hall–Kier alpha value is -3.21. The van der Waals surface area contributed by atoms with Crippen molar-refractivity contribution >= 4 is 23.3 Å². The van der Waals surface area contributed by atoms with Gasteiger partial charge in [-0.1, -0.05) is 35.9 Å². The molecule has 41 heavy (non-hydrogen) atoms. The number of rotatable bonds is 7. The fraction of sp³-hybridized carbons (Fsp3) is 0.400. The average molecular weight is 592 g/mol. The van der Waals surface area contributed by atoms with E-state index in [0.29, 0.717) is 22.4 Å². The number of hydrogen-bond acceptors (Lipinski definition) is 5. The Kier molecular flexibility index (Phi) is 9.11. The zero-order valence-corrected chi connectivity index (χ0v) is 23.3. The average Bonchev–Trinajstić information content (AvgIpc) is 2.97. The van der Waals surface area contributed by atoms with E-state index in [9.17, 15) is 22.4 Å². The van der Waals surface area contributed by atoms with Gasteiger partial charge in [0.2, 0.25) is 0 Å². The van der Waals surface area contributed by atoms with Crippen molar-refractivity contribution < 1.29 is 23.8 Å². The van der Waals surface area contributed by atoms with Crippen LogP contribution in [-0.4, -0.2) is 66.0 Å². The lowest BCUT2D eigenvalue weighted by molar-refractivity contribution is -0.137. The second kappa shape index (κ2) is 12.8. The molecule has 3 aromatic rings. The normalized spacial score (nSPS) is 17.5. The molecule has 11 heteroatoms. The first-order valence-corrected chi connectivity index (χ1v) is 14.1. The van der Waals surface area contributed by atoms with Crippen LogP contribution in [0.1, 0.15) is 41.3 Å². The first kappa shape index (κ1) is 29.3. The highest BCUT2D eigenvalue weighted by Crippen LogP contribution is 2.29. The lowest BCUT2D eigenvalue weighted by Gasteiger charge is -2.43. The molecule has 0 unspecified atom stereocenters. The molecule has 2 aliphatic rings. The Bertz CT molecular complexity index is 1330. The van der Waals surface area contributed by atoms with Crippen LogP contribution in [0.25, 0.3) is 0 Å². The molecule has 2 saturated heterocycles. The molecule has 2 aliphatic heterocycles. The molecule has 6 nitrogen and oxygen atoms in total. The van der Waals surface area contributed by atoms with Crippen LogP contribution in [0.15, 0.2) is 60.8 Å². The van der Waals surface area contributed by atoms with Crippen molar-refractivity contribution in [2.75, 3.05) is 44.2 Å². The molecule has 1 amide bonds. The van der Waals surface area contributed by atoms with E-state index >= 15 is 0 Å². The van der Waals surface area contributed by atoms with Gasteiger partial charge in [0.15, 0.2) is 0 Å². The topological polar surface area (TPSA) is 51.7 Å². The van der Waals surface area contributed by atoms with Crippen molar-refractivity contribution in [3.05, 3.63) is 93.9 Å². The van der Waals surface area contributed by atoms with Gasteiger partial charge in [0.05, 0.1) is 16.1 Å². The quantitative estimate of drug-likeness (QED) is 0.349. The molecule has 0 spiro atoms. The maximum Gasteiger partial charge on any atom is 0.416 e. The van der Waals surface area contributed by atoms with Gasteiger partial charge in [-0.25, -0.2) is 9.37 Å². The Balaban J connectivity index is 0.00000405. The summed E-state index contributed by atoms with van der Waals surface area (Å²) < 4.78 is 51.4. The van der Waals surface area contributed by atoms with E-state index in [1.165, 1.54) is 30.5 Å². The fourth-order valence-electron chi connectivity index (χ4n) is 5.47. The van der Waals surface area contributed by atoms with Crippen LogP contribution >= 0.6 is 11.6 Å². The highest BCUT2D eigenvalue weighted by atomic mass is 35.5. The van der Waals surface area contributed by atoms with Crippen LogP contribution in [0, 0.1) is 5.82 Å². The Morgan fingerprint density at radius 2 is 1.59 bits per heavy atom. The van der Waals surface area contributed by atoms with E-state index in [-0.39, 0.29) is 19.4 Å². The van der Waals surface area contributed by atoms with E-state index < -0.39 is 17.6 Å². The SMILES string of the molecule is O=C(NCc1ccc(C(F)(F)F)cc1)c1cnc(N2CCN(C3CCN(Cc4ccc(F)cc4)CC3)CC2)c(Cl)c1.[HH]. The molecule has 220 valence electrons. The third kappa shape index (κ3) is 7.55. The van der Waals surface area contributed by atoms with Gasteiger partial charge in [0.25, 0.3) is 5.91 Å². The number of benzene rings is 2. The summed E-state index contributed by atoms with van der Waals surface area (Å²) in [7, 11) is 0. The number of aromatic nitrogens is 1. The molecule has 0 radical (unpaired) electrons. The smallest absolute Gasteiger partial charge is 0.353 e. The number of hydrogen-bond donors (Lipinski definition) is 1. The minimum Gasteiger partial charge on any atom is -0.353 e. The Labute approximate surface area is 243 Å². The van der Waals surface area contributed by atoms with Crippen molar-refractivity contribution in [2.24, 2.45) is 0 Å². The summed E-state index contributed by atoms with van der Waals surface area (Å²) in [5.74, 6) is 0.0283.